The van der Waals surface area contributed by atoms with Gasteiger partial charge in [-0.3, -0.25) is 0 Å². The third-order valence-corrected chi connectivity index (χ3v) is 8.85. The van der Waals surface area contributed by atoms with Gasteiger partial charge in [-0.15, -0.1) is 11.3 Å². The van der Waals surface area contributed by atoms with Crippen LogP contribution in [0.5, 0.6) is 11.5 Å². The van der Waals surface area contributed by atoms with Gasteiger partial charge in [-0.1, -0.05) is 9.78 Å². The van der Waals surface area contributed by atoms with Crippen molar-refractivity contribution >= 4 is 31.4 Å². The molecule has 0 N–H and O–H groups in total. The van der Waals surface area contributed by atoms with Crippen molar-refractivity contribution in [3.05, 3.63) is 35.7 Å². The van der Waals surface area contributed by atoms with Gasteiger partial charge in [-0.05, 0) is 23.6 Å². The van der Waals surface area contributed by atoms with E-state index in [0.29, 0.717) is 22.7 Å². The Morgan fingerprint density at radius 3 is 2.35 bits per heavy atom. The van der Waals surface area contributed by atoms with Crippen LogP contribution in [-0.2, 0) is 20.0 Å². The standard InChI is InChI=1S/C13H13NO6S3/c1-14(23(17,18)13-3-2-8-21-13)22(15,16)10-4-5-11-12(9-10)20-7-6-19-11/h2-5,8-9H,6-7H2,1H3. The van der Waals surface area contributed by atoms with E-state index < -0.39 is 20.0 Å². The molecule has 0 aliphatic carbocycles. The summed E-state index contributed by atoms with van der Waals surface area (Å²) in [5, 5.41) is 1.57. The lowest BCUT2D eigenvalue weighted by molar-refractivity contribution is 0.171. The van der Waals surface area contributed by atoms with Crippen molar-refractivity contribution in [3.63, 3.8) is 0 Å². The Balaban J connectivity index is 2.01. The molecule has 10 heteroatoms. The second kappa shape index (κ2) is 5.78. The molecule has 0 saturated heterocycles. The predicted octanol–water partition coefficient (Wildman–Crippen LogP) is 1.53. The molecule has 1 aliphatic heterocycles. The van der Waals surface area contributed by atoms with Gasteiger partial charge in [0.15, 0.2) is 11.5 Å². The highest BCUT2D eigenvalue weighted by Gasteiger charge is 2.34. The molecule has 0 spiro atoms. The van der Waals surface area contributed by atoms with E-state index in [1.165, 1.54) is 24.3 Å². The Morgan fingerprint density at radius 2 is 1.70 bits per heavy atom. The van der Waals surface area contributed by atoms with Crippen molar-refractivity contribution in [2.45, 2.75) is 9.10 Å². The molecular weight excluding hydrogens is 362 g/mol. The topological polar surface area (TPSA) is 90.0 Å². The minimum Gasteiger partial charge on any atom is -0.486 e. The summed E-state index contributed by atoms with van der Waals surface area (Å²) in [4.78, 5) is -0.176. The highest BCUT2D eigenvalue weighted by molar-refractivity contribution is 8.04. The number of nitrogens with zero attached hydrogens (tertiary/aromatic N) is 1. The molecule has 0 saturated carbocycles. The maximum Gasteiger partial charge on any atom is 0.265 e. The molecule has 2 aromatic rings. The van der Waals surface area contributed by atoms with E-state index in [0.717, 1.165) is 18.4 Å². The summed E-state index contributed by atoms with van der Waals surface area (Å²) in [5.41, 5.74) is 0. The zero-order chi connectivity index (χ0) is 16.7. The van der Waals surface area contributed by atoms with Crippen LogP contribution in [0.25, 0.3) is 0 Å². The van der Waals surface area contributed by atoms with E-state index in [4.69, 9.17) is 9.47 Å². The van der Waals surface area contributed by atoms with Crippen LogP contribution in [0.2, 0.25) is 0 Å². The normalized spacial score (nSPS) is 14.9. The van der Waals surface area contributed by atoms with E-state index >= 15 is 0 Å². The third kappa shape index (κ3) is 2.82. The SMILES string of the molecule is CN(S(=O)(=O)c1ccc2c(c1)OCCO2)S(=O)(=O)c1cccs1. The lowest BCUT2D eigenvalue weighted by Crippen LogP contribution is -2.33. The molecule has 0 radical (unpaired) electrons. The number of hydrogen-bond acceptors (Lipinski definition) is 7. The number of thiophene rings is 1. The number of benzene rings is 1. The van der Waals surface area contributed by atoms with E-state index in [-0.39, 0.29) is 14.9 Å². The van der Waals surface area contributed by atoms with Crippen LogP contribution in [0.15, 0.2) is 44.8 Å². The fourth-order valence-electron chi connectivity index (χ4n) is 2.00. The third-order valence-electron chi connectivity index (χ3n) is 3.24. The van der Waals surface area contributed by atoms with Gasteiger partial charge in [0.1, 0.15) is 17.4 Å². The van der Waals surface area contributed by atoms with Gasteiger partial charge in [-0.25, -0.2) is 16.8 Å². The smallest absolute Gasteiger partial charge is 0.265 e. The summed E-state index contributed by atoms with van der Waals surface area (Å²) in [5.74, 6) is 0.707. The molecule has 7 nitrogen and oxygen atoms in total. The van der Waals surface area contributed by atoms with Gasteiger partial charge >= 0.3 is 0 Å². The summed E-state index contributed by atoms with van der Waals surface area (Å²) in [7, 11) is -7.36. The number of hydrogen-bond donors (Lipinski definition) is 0. The van der Waals surface area contributed by atoms with Gasteiger partial charge in [0, 0.05) is 13.1 Å². The molecule has 0 unspecified atom stereocenters. The maximum atomic E-state index is 12.6. The second-order valence-corrected chi connectivity index (χ2v) is 9.97. The molecule has 1 aromatic heterocycles. The first kappa shape index (κ1) is 16.2. The number of rotatable bonds is 4. The Bertz CT molecular complexity index is 919. The average molecular weight is 375 g/mol. The van der Waals surface area contributed by atoms with E-state index in [2.05, 4.69) is 0 Å². The molecule has 124 valence electrons. The molecule has 2 heterocycles. The Hall–Kier alpha value is -1.62. The second-order valence-electron chi connectivity index (χ2n) is 4.63. The van der Waals surface area contributed by atoms with Crippen molar-refractivity contribution < 1.29 is 26.3 Å². The van der Waals surface area contributed by atoms with Crippen LogP contribution in [0.3, 0.4) is 0 Å². The Labute approximate surface area is 138 Å². The van der Waals surface area contributed by atoms with Crippen molar-refractivity contribution in [3.8, 4) is 11.5 Å². The molecule has 0 bridgehead atoms. The molecule has 0 atom stereocenters. The minimum absolute atomic E-state index is 0.0406. The van der Waals surface area contributed by atoms with Crippen LogP contribution in [-0.4, -0.2) is 40.8 Å². The van der Waals surface area contributed by atoms with Crippen molar-refractivity contribution in [1.82, 2.24) is 3.71 Å². The summed E-state index contributed by atoms with van der Waals surface area (Å²) in [6, 6.07) is 6.92. The first-order valence-electron chi connectivity index (χ1n) is 6.51. The summed E-state index contributed by atoms with van der Waals surface area (Å²) in [6.07, 6.45) is 0. The fraction of sp³-hybridized carbons (Fsp3) is 0.231. The van der Waals surface area contributed by atoms with E-state index in [1.807, 2.05) is 0 Å². The molecule has 23 heavy (non-hydrogen) atoms. The van der Waals surface area contributed by atoms with Crippen molar-refractivity contribution in [1.29, 1.82) is 0 Å². The van der Waals surface area contributed by atoms with Gasteiger partial charge in [0.2, 0.25) is 0 Å². The maximum absolute atomic E-state index is 12.6. The van der Waals surface area contributed by atoms with Crippen LogP contribution in [0.4, 0.5) is 0 Å². The molecule has 0 amide bonds. The average Bonchev–Trinajstić information content (AvgIpc) is 3.09. The highest BCUT2D eigenvalue weighted by atomic mass is 32.3. The zero-order valence-corrected chi connectivity index (χ0v) is 14.4. The largest absolute Gasteiger partial charge is 0.486 e. The lowest BCUT2D eigenvalue weighted by Gasteiger charge is -2.20. The first-order valence-corrected chi connectivity index (χ1v) is 10.3. The molecule has 1 aliphatic rings. The minimum atomic E-state index is -4.24. The van der Waals surface area contributed by atoms with Crippen molar-refractivity contribution in [2.75, 3.05) is 20.3 Å². The number of fused-ring (bicyclic) bond motifs is 1. The predicted molar refractivity (Wildman–Crippen MR) is 83.9 cm³/mol. The Morgan fingerprint density at radius 1 is 1.00 bits per heavy atom. The van der Waals surface area contributed by atoms with Gasteiger partial charge in [0.05, 0.1) is 4.90 Å². The summed E-state index contributed by atoms with van der Waals surface area (Å²) >= 11 is 0.954. The fourth-order valence-corrected chi connectivity index (χ4v) is 6.41. The number of sulfonamides is 2. The quantitative estimate of drug-likeness (QED) is 0.805. The van der Waals surface area contributed by atoms with Crippen LogP contribution >= 0.6 is 11.3 Å². The van der Waals surface area contributed by atoms with Crippen LogP contribution in [0.1, 0.15) is 0 Å². The number of ether oxygens (including phenoxy) is 2. The molecule has 0 fully saturated rings. The van der Waals surface area contributed by atoms with Gasteiger partial charge in [0.25, 0.3) is 20.0 Å². The van der Waals surface area contributed by atoms with E-state index in [9.17, 15) is 16.8 Å². The monoisotopic (exact) mass is 375 g/mol. The molecule has 3 rings (SSSR count). The summed E-state index contributed by atoms with van der Waals surface area (Å²) in [6.45, 7) is 0.686. The highest BCUT2D eigenvalue weighted by Crippen LogP contribution is 2.34. The first-order chi connectivity index (χ1) is 10.8. The Kier molecular flexibility index (Phi) is 4.08. The van der Waals surface area contributed by atoms with Gasteiger partial charge < -0.3 is 9.47 Å². The molecule has 1 aromatic carbocycles. The van der Waals surface area contributed by atoms with Crippen LogP contribution < -0.4 is 9.47 Å². The van der Waals surface area contributed by atoms with Crippen LogP contribution in [0, 0.1) is 0 Å². The molecular formula is C13H13NO6S3. The van der Waals surface area contributed by atoms with Crippen molar-refractivity contribution in [2.24, 2.45) is 0 Å². The zero-order valence-electron chi connectivity index (χ0n) is 12.0. The van der Waals surface area contributed by atoms with E-state index in [1.54, 1.807) is 11.4 Å². The summed E-state index contributed by atoms with van der Waals surface area (Å²) < 4.78 is 61.0. The lowest BCUT2D eigenvalue weighted by atomic mass is 10.3. The van der Waals surface area contributed by atoms with Gasteiger partial charge in [-0.2, -0.15) is 0 Å².